The van der Waals surface area contributed by atoms with Gasteiger partial charge in [0.25, 0.3) is 0 Å². The molecule has 2 nitrogen and oxygen atoms in total. The van der Waals surface area contributed by atoms with Crippen LogP contribution in [0.3, 0.4) is 0 Å². The standard InChI is InChI=1S/C10H26N2Si/c1-7-12(8-2)10(11(5)6)13-9(3)4/h9-10H,7-8,13H2,1-6H3. The Bertz CT molecular complexity index is 122. The minimum absolute atomic E-state index is 0.00497. The summed E-state index contributed by atoms with van der Waals surface area (Å²) in [6, 6.07) is 0. The van der Waals surface area contributed by atoms with Crippen LogP contribution >= 0.6 is 0 Å². The van der Waals surface area contributed by atoms with Crippen LogP contribution in [0, 0.1) is 0 Å². The van der Waals surface area contributed by atoms with Crippen molar-refractivity contribution in [3.8, 4) is 0 Å². The van der Waals surface area contributed by atoms with E-state index in [9.17, 15) is 0 Å². The van der Waals surface area contributed by atoms with Gasteiger partial charge in [0.2, 0.25) is 0 Å². The lowest BCUT2D eigenvalue weighted by atomic mass is 10.5. The van der Waals surface area contributed by atoms with Gasteiger partial charge in [-0.3, -0.25) is 9.80 Å². The molecule has 0 aliphatic rings. The Morgan fingerprint density at radius 3 is 1.77 bits per heavy atom. The molecule has 0 saturated heterocycles. The van der Waals surface area contributed by atoms with Gasteiger partial charge in [-0.25, -0.2) is 0 Å². The first-order valence-electron chi connectivity index (χ1n) is 5.43. The van der Waals surface area contributed by atoms with E-state index in [1.807, 2.05) is 0 Å². The second-order valence-electron chi connectivity index (χ2n) is 4.29. The zero-order valence-electron chi connectivity index (χ0n) is 10.2. The zero-order valence-corrected chi connectivity index (χ0v) is 11.6. The predicted molar refractivity (Wildman–Crippen MR) is 64.0 cm³/mol. The quantitative estimate of drug-likeness (QED) is 0.471. The van der Waals surface area contributed by atoms with Gasteiger partial charge in [-0.15, -0.1) is 0 Å². The molecule has 0 aliphatic heterocycles. The molecule has 0 fully saturated rings. The topological polar surface area (TPSA) is 6.48 Å². The van der Waals surface area contributed by atoms with Gasteiger partial charge < -0.3 is 0 Å². The van der Waals surface area contributed by atoms with E-state index >= 15 is 0 Å². The molecule has 0 aromatic heterocycles. The molecule has 0 heterocycles. The van der Waals surface area contributed by atoms with Crippen molar-refractivity contribution in [3.05, 3.63) is 0 Å². The molecule has 3 heteroatoms. The van der Waals surface area contributed by atoms with Crippen molar-refractivity contribution in [2.45, 2.75) is 39.0 Å². The normalized spacial score (nSPS) is 15.5. The highest BCUT2D eigenvalue weighted by molar-refractivity contribution is 6.39. The maximum Gasteiger partial charge on any atom is 0.0617 e. The van der Waals surface area contributed by atoms with Crippen LogP contribution in [0.1, 0.15) is 27.7 Å². The zero-order chi connectivity index (χ0) is 10.4. The van der Waals surface area contributed by atoms with E-state index in [-0.39, 0.29) is 9.52 Å². The fraction of sp³-hybridized carbons (Fsp3) is 1.00. The molecule has 0 aromatic carbocycles. The fourth-order valence-corrected chi connectivity index (χ4v) is 3.83. The molecule has 0 N–H and O–H groups in total. The van der Waals surface area contributed by atoms with Crippen LogP contribution < -0.4 is 0 Å². The summed E-state index contributed by atoms with van der Waals surface area (Å²) in [6.07, 6.45) is 0. The van der Waals surface area contributed by atoms with Gasteiger partial charge in [0.15, 0.2) is 0 Å². The number of rotatable bonds is 6. The molecule has 0 aliphatic carbocycles. The Hall–Kier alpha value is 0.137. The van der Waals surface area contributed by atoms with Crippen molar-refractivity contribution in [3.63, 3.8) is 0 Å². The first-order valence-corrected chi connectivity index (χ1v) is 7.06. The van der Waals surface area contributed by atoms with Gasteiger partial charge in [0, 0.05) is 5.79 Å². The summed E-state index contributed by atoms with van der Waals surface area (Å²) in [5, 5.41) is 0. The van der Waals surface area contributed by atoms with Crippen molar-refractivity contribution in [2.24, 2.45) is 0 Å². The van der Waals surface area contributed by atoms with Crippen molar-refractivity contribution < 1.29 is 0 Å². The molecular formula is C10H26N2Si. The summed E-state index contributed by atoms with van der Waals surface area (Å²) in [5.41, 5.74) is 0.910. The molecular weight excluding hydrogens is 176 g/mol. The van der Waals surface area contributed by atoms with Crippen molar-refractivity contribution in [2.75, 3.05) is 27.2 Å². The highest BCUT2D eigenvalue weighted by Crippen LogP contribution is 2.08. The van der Waals surface area contributed by atoms with Gasteiger partial charge >= 0.3 is 0 Å². The first kappa shape index (κ1) is 13.1. The van der Waals surface area contributed by atoms with Crippen LogP contribution in [0.5, 0.6) is 0 Å². The molecule has 1 unspecified atom stereocenters. The van der Waals surface area contributed by atoms with E-state index in [0.29, 0.717) is 0 Å². The van der Waals surface area contributed by atoms with Crippen LogP contribution in [-0.4, -0.2) is 52.3 Å². The Kier molecular flexibility index (Phi) is 6.64. The molecule has 0 spiro atoms. The minimum Gasteiger partial charge on any atom is -0.297 e. The fourth-order valence-electron chi connectivity index (χ4n) is 1.75. The largest absolute Gasteiger partial charge is 0.297 e. The highest BCUT2D eigenvalue weighted by Gasteiger charge is 2.18. The maximum absolute atomic E-state index is 2.58. The van der Waals surface area contributed by atoms with E-state index in [0.717, 1.165) is 11.3 Å². The lowest BCUT2D eigenvalue weighted by Gasteiger charge is -2.35. The van der Waals surface area contributed by atoms with E-state index in [4.69, 9.17) is 0 Å². The summed E-state index contributed by atoms with van der Waals surface area (Å²) in [4.78, 5) is 4.96. The summed E-state index contributed by atoms with van der Waals surface area (Å²) in [5.74, 6) is 0.745. The van der Waals surface area contributed by atoms with Gasteiger partial charge in [0.1, 0.15) is 0 Å². The number of hydrogen-bond acceptors (Lipinski definition) is 2. The van der Waals surface area contributed by atoms with Crippen LogP contribution in [0.25, 0.3) is 0 Å². The number of nitrogens with zero attached hydrogens (tertiary/aromatic N) is 2. The third-order valence-corrected chi connectivity index (χ3v) is 5.12. The molecule has 0 rings (SSSR count). The highest BCUT2D eigenvalue weighted by atomic mass is 28.2. The lowest BCUT2D eigenvalue weighted by molar-refractivity contribution is 0.151. The van der Waals surface area contributed by atoms with Crippen LogP contribution in [0.15, 0.2) is 0 Å². The summed E-state index contributed by atoms with van der Waals surface area (Å²) in [6.45, 7) is 11.6. The van der Waals surface area contributed by atoms with Crippen LogP contribution in [0.4, 0.5) is 0 Å². The summed E-state index contributed by atoms with van der Waals surface area (Å²) < 4.78 is 0. The Morgan fingerprint density at radius 2 is 1.54 bits per heavy atom. The summed E-state index contributed by atoms with van der Waals surface area (Å²) in [7, 11) is 4.41. The number of hydrogen-bond donors (Lipinski definition) is 0. The molecule has 80 valence electrons. The second kappa shape index (κ2) is 6.57. The van der Waals surface area contributed by atoms with Gasteiger partial charge in [-0.05, 0) is 27.2 Å². The van der Waals surface area contributed by atoms with Crippen LogP contribution in [0.2, 0.25) is 5.54 Å². The molecule has 0 saturated carbocycles. The van der Waals surface area contributed by atoms with Crippen molar-refractivity contribution >= 4 is 9.52 Å². The van der Waals surface area contributed by atoms with Gasteiger partial charge in [-0.1, -0.05) is 33.2 Å². The predicted octanol–water partition coefficient (Wildman–Crippen LogP) is 1.17. The lowest BCUT2D eigenvalue weighted by Crippen LogP contribution is -2.49. The molecule has 0 bridgehead atoms. The molecule has 0 radical (unpaired) electrons. The molecule has 13 heavy (non-hydrogen) atoms. The Labute approximate surface area is 86.1 Å². The van der Waals surface area contributed by atoms with Gasteiger partial charge in [0.05, 0.1) is 9.52 Å². The average molecular weight is 202 g/mol. The van der Waals surface area contributed by atoms with Gasteiger partial charge in [-0.2, -0.15) is 0 Å². The third-order valence-electron chi connectivity index (χ3n) is 2.51. The minimum atomic E-state index is -0.00497. The van der Waals surface area contributed by atoms with E-state index < -0.39 is 0 Å². The second-order valence-corrected chi connectivity index (χ2v) is 7.13. The monoisotopic (exact) mass is 202 g/mol. The molecule has 0 aromatic rings. The van der Waals surface area contributed by atoms with E-state index in [1.165, 1.54) is 13.1 Å². The van der Waals surface area contributed by atoms with Crippen LogP contribution in [-0.2, 0) is 0 Å². The molecule has 0 amide bonds. The smallest absolute Gasteiger partial charge is 0.0617 e. The Balaban J connectivity index is 4.21. The SMILES string of the molecule is CCN(CC)C([SiH2]C(C)C)N(C)C. The maximum atomic E-state index is 2.58. The van der Waals surface area contributed by atoms with E-state index in [2.05, 4.69) is 51.6 Å². The Morgan fingerprint density at radius 1 is 1.08 bits per heavy atom. The average Bonchev–Trinajstić information content (AvgIpc) is 2.04. The molecule has 1 atom stereocenters. The van der Waals surface area contributed by atoms with E-state index in [1.54, 1.807) is 0 Å². The third kappa shape index (κ3) is 4.79. The summed E-state index contributed by atoms with van der Waals surface area (Å²) >= 11 is 0. The van der Waals surface area contributed by atoms with Crippen molar-refractivity contribution in [1.82, 2.24) is 9.80 Å². The van der Waals surface area contributed by atoms with Crippen molar-refractivity contribution in [1.29, 1.82) is 0 Å². The first-order chi connectivity index (χ1) is 6.02.